The van der Waals surface area contributed by atoms with Crippen LogP contribution >= 0.6 is 0 Å². The van der Waals surface area contributed by atoms with Crippen molar-refractivity contribution < 1.29 is 10.0 Å². The molecule has 0 aliphatic heterocycles. The molecule has 5 N–H and O–H groups in total. The topological polar surface area (TPSA) is 99.7 Å². The van der Waals surface area contributed by atoms with Crippen molar-refractivity contribution in [2.45, 2.75) is 51.1 Å². The van der Waals surface area contributed by atoms with Gasteiger partial charge in [-0.1, -0.05) is 12.1 Å². The van der Waals surface area contributed by atoms with Crippen LogP contribution < -0.4 is 16.4 Å². The zero-order chi connectivity index (χ0) is 12.0. The zero-order valence-electron chi connectivity index (χ0n) is 9.57. The largest absolute Gasteiger partial charge is 0.409 e. The van der Waals surface area contributed by atoms with Crippen LogP contribution in [0.15, 0.2) is 5.16 Å². The molecule has 1 fully saturated rings. The van der Waals surface area contributed by atoms with E-state index >= 15 is 0 Å². The maximum atomic E-state index is 11.5. The van der Waals surface area contributed by atoms with E-state index in [-0.39, 0.29) is 17.9 Å². The molecule has 2 amide bonds. The van der Waals surface area contributed by atoms with E-state index in [0.717, 1.165) is 19.3 Å². The summed E-state index contributed by atoms with van der Waals surface area (Å²) in [5.41, 5.74) is 5.39. The molecule has 0 saturated heterocycles. The van der Waals surface area contributed by atoms with Crippen molar-refractivity contribution in [3.63, 3.8) is 0 Å². The Morgan fingerprint density at radius 2 is 2.31 bits per heavy atom. The van der Waals surface area contributed by atoms with Crippen LogP contribution in [0.25, 0.3) is 0 Å². The Morgan fingerprint density at radius 3 is 2.75 bits per heavy atom. The molecule has 6 nitrogen and oxygen atoms in total. The molecule has 0 radical (unpaired) electrons. The number of amidine groups is 1. The van der Waals surface area contributed by atoms with Crippen LogP contribution in [0.2, 0.25) is 0 Å². The van der Waals surface area contributed by atoms with Gasteiger partial charge in [-0.05, 0) is 25.7 Å². The van der Waals surface area contributed by atoms with Crippen molar-refractivity contribution in [3.05, 3.63) is 0 Å². The Kier molecular flexibility index (Phi) is 4.88. The standard InChI is InChI=1S/C10H20N4O2/c1-2-7(6-9(11)14-16)12-10(15)13-8-4-3-5-8/h7-8,16H,2-6H2,1H3,(H2,11,14)(H2,12,13,15). The number of hydrogen-bond acceptors (Lipinski definition) is 3. The molecule has 0 aromatic heterocycles. The molecule has 0 spiro atoms. The minimum Gasteiger partial charge on any atom is -0.409 e. The lowest BCUT2D eigenvalue weighted by molar-refractivity contribution is 0.224. The van der Waals surface area contributed by atoms with Crippen LogP contribution in [0, 0.1) is 0 Å². The summed E-state index contributed by atoms with van der Waals surface area (Å²) in [5.74, 6) is 0.135. The first-order valence-electron chi connectivity index (χ1n) is 5.69. The third-order valence-corrected chi connectivity index (χ3v) is 2.85. The van der Waals surface area contributed by atoms with Crippen molar-refractivity contribution in [3.8, 4) is 0 Å². The second-order valence-electron chi connectivity index (χ2n) is 4.15. The molecule has 0 bridgehead atoms. The highest BCUT2D eigenvalue weighted by Gasteiger charge is 2.20. The van der Waals surface area contributed by atoms with Crippen molar-refractivity contribution in [1.82, 2.24) is 10.6 Å². The summed E-state index contributed by atoms with van der Waals surface area (Å²) >= 11 is 0. The molecular formula is C10H20N4O2. The van der Waals surface area contributed by atoms with Crippen molar-refractivity contribution in [1.29, 1.82) is 0 Å². The summed E-state index contributed by atoms with van der Waals surface area (Å²) in [6.07, 6.45) is 4.42. The number of carbonyl (C=O) groups is 1. The van der Waals surface area contributed by atoms with E-state index in [1.165, 1.54) is 6.42 Å². The maximum Gasteiger partial charge on any atom is 0.315 e. The average Bonchev–Trinajstić information content (AvgIpc) is 2.22. The fourth-order valence-electron chi connectivity index (χ4n) is 1.56. The van der Waals surface area contributed by atoms with Gasteiger partial charge in [-0.25, -0.2) is 4.79 Å². The first-order valence-corrected chi connectivity index (χ1v) is 5.69. The molecule has 1 atom stereocenters. The van der Waals surface area contributed by atoms with E-state index in [1.54, 1.807) is 0 Å². The maximum absolute atomic E-state index is 11.5. The number of oxime groups is 1. The first-order chi connectivity index (χ1) is 7.65. The van der Waals surface area contributed by atoms with Crippen LogP contribution in [0.4, 0.5) is 4.79 Å². The van der Waals surface area contributed by atoms with E-state index in [2.05, 4.69) is 15.8 Å². The molecule has 1 saturated carbocycles. The van der Waals surface area contributed by atoms with Crippen molar-refractivity contribution in [2.75, 3.05) is 0 Å². The van der Waals surface area contributed by atoms with E-state index in [1.807, 2.05) is 6.92 Å². The van der Waals surface area contributed by atoms with E-state index in [9.17, 15) is 4.79 Å². The third kappa shape index (κ3) is 3.96. The predicted octanol–water partition coefficient (Wildman–Crippen LogP) is 0.753. The molecule has 0 aromatic rings. The van der Waals surface area contributed by atoms with Gasteiger partial charge in [0.15, 0.2) is 0 Å². The highest BCUT2D eigenvalue weighted by atomic mass is 16.4. The number of nitrogens with one attached hydrogen (secondary N) is 2. The molecule has 0 aromatic carbocycles. The van der Waals surface area contributed by atoms with Crippen LogP contribution in [0.1, 0.15) is 39.0 Å². The minimum absolute atomic E-state index is 0.0871. The fourth-order valence-corrected chi connectivity index (χ4v) is 1.56. The summed E-state index contributed by atoms with van der Waals surface area (Å²) in [6.45, 7) is 1.94. The highest BCUT2D eigenvalue weighted by molar-refractivity contribution is 5.81. The summed E-state index contributed by atoms with van der Waals surface area (Å²) in [6, 6.07) is 0.0691. The molecule has 1 aliphatic rings. The van der Waals surface area contributed by atoms with Gasteiger partial charge < -0.3 is 21.6 Å². The predicted molar refractivity (Wildman–Crippen MR) is 61.4 cm³/mol. The first kappa shape index (κ1) is 12.6. The highest BCUT2D eigenvalue weighted by Crippen LogP contribution is 2.17. The summed E-state index contributed by atoms with van der Waals surface area (Å²) in [7, 11) is 0. The van der Waals surface area contributed by atoms with Crippen LogP contribution in [0.5, 0.6) is 0 Å². The molecule has 16 heavy (non-hydrogen) atoms. The van der Waals surface area contributed by atoms with Gasteiger partial charge >= 0.3 is 6.03 Å². The van der Waals surface area contributed by atoms with Gasteiger partial charge in [0.2, 0.25) is 0 Å². The van der Waals surface area contributed by atoms with Gasteiger partial charge in [-0.2, -0.15) is 0 Å². The number of nitrogens with zero attached hydrogens (tertiary/aromatic N) is 1. The number of nitrogens with two attached hydrogens (primary N) is 1. The molecule has 1 unspecified atom stereocenters. The van der Waals surface area contributed by atoms with Gasteiger partial charge in [0.1, 0.15) is 5.84 Å². The van der Waals surface area contributed by atoms with Gasteiger partial charge in [0.25, 0.3) is 0 Å². The summed E-state index contributed by atoms with van der Waals surface area (Å²) in [5, 5.41) is 17.0. The van der Waals surface area contributed by atoms with Gasteiger partial charge in [-0.3, -0.25) is 0 Å². The second-order valence-corrected chi connectivity index (χ2v) is 4.15. The van der Waals surface area contributed by atoms with Crippen molar-refractivity contribution >= 4 is 11.9 Å². The van der Waals surface area contributed by atoms with Gasteiger partial charge in [-0.15, -0.1) is 0 Å². The number of urea groups is 1. The Morgan fingerprint density at radius 1 is 1.62 bits per heavy atom. The fraction of sp³-hybridized carbons (Fsp3) is 0.800. The minimum atomic E-state index is -0.165. The number of rotatable bonds is 5. The Labute approximate surface area is 95.3 Å². The van der Waals surface area contributed by atoms with Gasteiger partial charge in [0.05, 0.1) is 0 Å². The normalized spacial score (nSPS) is 18.7. The van der Waals surface area contributed by atoms with E-state index < -0.39 is 0 Å². The Bertz CT molecular complexity index is 264. The third-order valence-electron chi connectivity index (χ3n) is 2.85. The smallest absolute Gasteiger partial charge is 0.315 e. The van der Waals surface area contributed by atoms with Crippen LogP contribution in [-0.4, -0.2) is 29.2 Å². The quantitative estimate of drug-likeness (QED) is 0.242. The lowest BCUT2D eigenvalue weighted by atomic mass is 9.93. The van der Waals surface area contributed by atoms with Gasteiger partial charge in [0, 0.05) is 18.5 Å². The summed E-state index contributed by atoms with van der Waals surface area (Å²) in [4.78, 5) is 11.5. The molecular weight excluding hydrogens is 208 g/mol. The zero-order valence-corrected chi connectivity index (χ0v) is 9.57. The SMILES string of the molecule is CCC(CC(N)=NO)NC(=O)NC1CCC1. The van der Waals surface area contributed by atoms with E-state index in [4.69, 9.17) is 10.9 Å². The molecule has 1 rings (SSSR count). The number of carbonyl (C=O) groups excluding carboxylic acids is 1. The number of amides is 2. The average molecular weight is 228 g/mol. The summed E-state index contributed by atoms with van der Waals surface area (Å²) < 4.78 is 0. The lowest BCUT2D eigenvalue weighted by Gasteiger charge is -2.27. The van der Waals surface area contributed by atoms with Crippen LogP contribution in [-0.2, 0) is 0 Å². The molecule has 92 valence electrons. The monoisotopic (exact) mass is 228 g/mol. The Balaban J connectivity index is 2.27. The molecule has 0 heterocycles. The molecule has 1 aliphatic carbocycles. The molecule has 6 heteroatoms. The lowest BCUT2D eigenvalue weighted by Crippen LogP contribution is -2.49. The Hall–Kier alpha value is -1.46. The van der Waals surface area contributed by atoms with Crippen LogP contribution in [0.3, 0.4) is 0 Å². The number of hydrogen-bond donors (Lipinski definition) is 4. The van der Waals surface area contributed by atoms with E-state index in [0.29, 0.717) is 12.5 Å². The second kappa shape index (κ2) is 6.19. The van der Waals surface area contributed by atoms with Crippen molar-refractivity contribution in [2.24, 2.45) is 10.9 Å².